The largest absolute Gasteiger partial charge is 0.279 e. The minimum absolute atomic E-state index is 0.583. The van der Waals surface area contributed by atoms with E-state index in [1.54, 1.807) is 4.31 Å². The van der Waals surface area contributed by atoms with Gasteiger partial charge in [0, 0.05) is 19.6 Å². The first kappa shape index (κ1) is 15.7. The fourth-order valence-electron chi connectivity index (χ4n) is 1.97. The number of halogens is 1. The Bertz CT molecular complexity index is 290. The van der Waals surface area contributed by atoms with Crippen LogP contribution in [0.15, 0.2) is 0 Å². The summed E-state index contributed by atoms with van der Waals surface area (Å²) in [6, 6.07) is 0. The number of alkyl halides is 1. The summed E-state index contributed by atoms with van der Waals surface area (Å²) in [4.78, 5) is 0. The van der Waals surface area contributed by atoms with Gasteiger partial charge in [-0.15, -0.1) is 0 Å². The van der Waals surface area contributed by atoms with E-state index in [9.17, 15) is 8.42 Å². The molecule has 0 aromatic rings. The Kier molecular flexibility index (Phi) is 7.97. The Morgan fingerprint density at radius 3 is 2.29 bits per heavy atom. The molecule has 0 aromatic heterocycles. The molecule has 1 aliphatic heterocycles. The van der Waals surface area contributed by atoms with E-state index in [1.807, 2.05) is 0 Å². The van der Waals surface area contributed by atoms with Crippen molar-refractivity contribution in [2.75, 3.05) is 24.1 Å². The van der Waals surface area contributed by atoms with Crippen LogP contribution >= 0.6 is 22.6 Å². The van der Waals surface area contributed by atoms with Crippen molar-refractivity contribution in [2.45, 2.75) is 44.9 Å². The van der Waals surface area contributed by atoms with Crippen molar-refractivity contribution in [1.82, 2.24) is 9.03 Å². The second-order valence-corrected chi connectivity index (χ2v) is 7.30. The quantitative estimate of drug-likeness (QED) is 0.403. The predicted octanol–water partition coefficient (Wildman–Crippen LogP) is 2.30. The van der Waals surface area contributed by atoms with Crippen LogP contribution in [0.2, 0.25) is 0 Å². The Balaban J connectivity index is 2.15. The molecule has 1 rings (SSSR count). The number of unbranched alkanes of at least 4 members (excludes halogenated alkanes) is 3. The summed E-state index contributed by atoms with van der Waals surface area (Å²) in [6.07, 6.45) is 7.65. The van der Waals surface area contributed by atoms with Gasteiger partial charge in [0.25, 0.3) is 10.2 Å². The van der Waals surface area contributed by atoms with Crippen molar-refractivity contribution in [3.8, 4) is 0 Å². The molecule has 0 saturated carbocycles. The van der Waals surface area contributed by atoms with E-state index in [2.05, 4.69) is 27.3 Å². The highest BCUT2D eigenvalue weighted by atomic mass is 127. The fraction of sp³-hybridized carbons (Fsp3) is 1.00. The van der Waals surface area contributed by atoms with E-state index in [0.717, 1.165) is 32.1 Å². The minimum atomic E-state index is -3.19. The molecule has 0 radical (unpaired) electrons. The standard InChI is InChI=1S/C11H23IN2O2S/c12-8-4-1-2-5-9-13-17(15,16)14-10-6-3-7-11-14/h13H,1-11H2. The van der Waals surface area contributed by atoms with Gasteiger partial charge in [-0.05, 0) is 30.1 Å². The van der Waals surface area contributed by atoms with Crippen molar-refractivity contribution in [2.24, 2.45) is 0 Å². The summed E-state index contributed by atoms with van der Waals surface area (Å²) in [5, 5.41) is 0. The first-order valence-corrected chi connectivity index (χ1v) is 9.44. The molecule has 1 fully saturated rings. The second-order valence-electron chi connectivity index (χ2n) is 4.46. The average Bonchev–Trinajstić information content (AvgIpc) is 2.35. The van der Waals surface area contributed by atoms with E-state index in [1.165, 1.54) is 17.3 Å². The van der Waals surface area contributed by atoms with Gasteiger partial charge < -0.3 is 0 Å². The number of piperidine rings is 1. The van der Waals surface area contributed by atoms with Gasteiger partial charge in [-0.2, -0.15) is 12.7 Å². The molecule has 0 unspecified atom stereocenters. The summed E-state index contributed by atoms with van der Waals surface area (Å²) >= 11 is 2.37. The zero-order chi connectivity index (χ0) is 12.6. The predicted molar refractivity (Wildman–Crippen MR) is 79.7 cm³/mol. The molecule has 0 atom stereocenters. The van der Waals surface area contributed by atoms with Crippen LogP contribution in [-0.4, -0.2) is 36.8 Å². The molecule has 0 aliphatic carbocycles. The van der Waals surface area contributed by atoms with E-state index < -0.39 is 10.2 Å². The van der Waals surface area contributed by atoms with Crippen LogP contribution in [-0.2, 0) is 10.2 Å². The summed E-state index contributed by atoms with van der Waals surface area (Å²) in [7, 11) is -3.19. The zero-order valence-corrected chi connectivity index (χ0v) is 13.3. The van der Waals surface area contributed by atoms with Crippen LogP contribution in [0.4, 0.5) is 0 Å². The molecule has 1 saturated heterocycles. The Morgan fingerprint density at radius 1 is 1.00 bits per heavy atom. The van der Waals surface area contributed by atoms with Crippen LogP contribution in [0.5, 0.6) is 0 Å². The summed E-state index contributed by atoms with van der Waals surface area (Å²) in [5.74, 6) is 0. The molecule has 4 nitrogen and oxygen atoms in total. The lowest BCUT2D eigenvalue weighted by molar-refractivity contribution is 0.341. The maximum atomic E-state index is 11.9. The zero-order valence-electron chi connectivity index (χ0n) is 10.3. The van der Waals surface area contributed by atoms with Crippen LogP contribution in [0.3, 0.4) is 0 Å². The molecule has 17 heavy (non-hydrogen) atoms. The lowest BCUT2D eigenvalue weighted by Crippen LogP contribution is -2.43. The molecule has 0 amide bonds. The molecule has 1 N–H and O–H groups in total. The molecule has 0 aromatic carbocycles. The van der Waals surface area contributed by atoms with Crippen LogP contribution < -0.4 is 4.72 Å². The summed E-state index contributed by atoms with van der Waals surface area (Å²) in [5.41, 5.74) is 0. The Hall–Kier alpha value is 0.600. The molecule has 0 spiro atoms. The van der Waals surface area contributed by atoms with Crippen LogP contribution in [0, 0.1) is 0 Å². The number of hydrogen-bond acceptors (Lipinski definition) is 2. The van der Waals surface area contributed by atoms with Gasteiger partial charge in [-0.3, -0.25) is 0 Å². The lowest BCUT2D eigenvalue weighted by atomic mass is 10.2. The Labute approximate surface area is 119 Å². The Morgan fingerprint density at radius 2 is 1.65 bits per heavy atom. The smallest absolute Gasteiger partial charge is 0.202 e. The third-order valence-corrected chi connectivity index (χ3v) is 5.38. The maximum absolute atomic E-state index is 11.9. The highest BCUT2D eigenvalue weighted by molar-refractivity contribution is 14.1. The van der Waals surface area contributed by atoms with Crippen molar-refractivity contribution >= 4 is 32.8 Å². The highest BCUT2D eigenvalue weighted by Crippen LogP contribution is 2.11. The van der Waals surface area contributed by atoms with E-state index >= 15 is 0 Å². The number of hydrogen-bond donors (Lipinski definition) is 1. The molecule has 0 bridgehead atoms. The van der Waals surface area contributed by atoms with Crippen molar-refractivity contribution in [3.05, 3.63) is 0 Å². The molecular formula is C11H23IN2O2S. The van der Waals surface area contributed by atoms with E-state index in [4.69, 9.17) is 0 Å². The molecule has 1 aliphatic rings. The van der Waals surface area contributed by atoms with Crippen molar-refractivity contribution in [3.63, 3.8) is 0 Å². The first-order chi connectivity index (χ1) is 8.17. The SMILES string of the molecule is O=S(=O)(NCCCCCCI)N1CCCCC1. The molecule has 1 heterocycles. The first-order valence-electron chi connectivity index (χ1n) is 6.47. The van der Waals surface area contributed by atoms with Gasteiger partial charge in [0.05, 0.1) is 0 Å². The summed E-state index contributed by atoms with van der Waals surface area (Å²) in [6.45, 7) is 1.95. The highest BCUT2D eigenvalue weighted by Gasteiger charge is 2.22. The van der Waals surface area contributed by atoms with Gasteiger partial charge in [0.15, 0.2) is 0 Å². The third-order valence-electron chi connectivity index (χ3n) is 3.00. The van der Waals surface area contributed by atoms with Gasteiger partial charge >= 0.3 is 0 Å². The molecule has 6 heteroatoms. The monoisotopic (exact) mass is 374 g/mol. The maximum Gasteiger partial charge on any atom is 0.279 e. The van der Waals surface area contributed by atoms with Gasteiger partial charge in [-0.1, -0.05) is 41.9 Å². The normalized spacial score (nSPS) is 18.4. The third kappa shape index (κ3) is 6.35. The number of nitrogens with one attached hydrogen (secondary N) is 1. The van der Waals surface area contributed by atoms with E-state index in [-0.39, 0.29) is 0 Å². The second kappa shape index (κ2) is 8.66. The van der Waals surface area contributed by atoms with Crippen LogP contribution in [0.25, 0.3) is 0 Å². The number of nitrogens with zero attached hydrogens (tertiary/aromatic N) is 1. The van der Waals surface area contributed by atoms with E-state index in [0.29, 0.717) is 19.6 Å². The molecular weight excluding hydrogens is 351 g/mol. The fourth-order valence-corrected chi connectivity index (χ4v) is 3.83. The van der Waals surface area contributed by atoms with Gasteiger partial charge in [0.1, 0.15) is 0 Å². The van der Waals surface area contributed by atoms with Crippen molar-refractivity contribution < 1.29 is 8.42 Å². The average molecular weight is 374 g/mol. The minimum Gasteiger partial charge on any atom is -0.202 e. The van der Waals surface area contributed by atoms with Crippen molar-refractivity contribution in [1.29, 1.82) is 0 Å². The van der Waals surface area contributed by atoms with Crippen LogP contribution in [0.1, 0.15) is 44.9 Å². The van der Waals surface area contributed by atoms with Gasteiger partial charge in [-0.25, -0.2) is 4.72 Å². The topological polar surface area (TPSA) is 49.4 Å². The van der Waals surface area contributed by atoms with Gasteiger partial charge in [0.2, 0.25) is 0 Å². The molecule has 102 valence electrons. The summed E-state index contributed by atoms with van der Waals surface area (Å²) < 4.78 is 29.3. The number of rotatable bonds is 8. The lowest BCUT2D eigenvalue weighted by Gasteiger charge is -2.25.